The molecule has 1 aliphatic heterocycles. The van der Waals surface area contributed by atoms with Gasteiger partial charge in [0, 0.05) is 7.05 Å². The molecule has 0 aromatic heterocycles. The summed E-state index contributed by atoms with van der Waals surface area (Å²) in [6, 6.07) is 6.67. The van der Waals surface area contributed by atoms with Gasteiger partial charge in [0.15, 0.2) is 0 Å². The molecule has 1 aromatic carbocycles. The fourth-order valence-corrected chi connectivity index (χ4v) is 1.57. The second kappa shape index (κ2) is 4.44. The predicted octanol–water partition coefficient (Wildman–Crippen LogP) is 1.09. The summed E-state index contributed by atoms with van der Waals surface area (Å²) >= 11 is 0. The molecule has 0 spiro atoms. The standard InChI is InChI=1S/C13H12N2O3/c1-8-3-5-9(6-4-8)7-10-11(16)14-13(18)15(2)12(10)17/h3-7H,1-2H3,(H,14,16,18)/b10-7-. The molecule has 0 aliphatic carbocycles. The number of amides is 4. The molecule has 0 saturated carbocycles. The lowest BCUT2D eigenvalue weighted by Gasteiger charge is -2.22. The molecule has 92 valence electrons. The van der Waals surface area contributed by atoms with Crippen molar-refractivity contribution in [2.45, 2.75) is 6.92 Å². The third-order valence-electron chi connectivity index (χ3n) is 2.69. The maximum absolute atomic E-state index is 11.8. The molecule has 1 fully saturated rings. The zero-order chi connectivity index (χ0) is 13.3. The Morgan fingerprint density at radius 3 is 2.33 bits per heavy atom. The molecule has 1 aromatic rings. The Labute approximate surface area is 104 Å². The van der Waals surface area contributed by atoms with Gasteiger partial charge in [0.05, 0.1) is 0 Å². The Hall–Kier alpha value is -2.43. The summed E-state index contributed by atoms with van der Waals surface area (Å²) in [5, 5.41) is 2.10. The van der Waals surface area contributed by atoms with Crippen molar-refractivity contribution in [2.75, 3.05) is 7.05 Å². The number of hydrogen-bond donors (Lipinski definition) is 1. The van der Waals surface area contributed by atoms with Gasteiger partial charge >= 0.3 is 6.03 Å². The monoisotopic (exact) mass is 244 g/mol. The van der Waals surface area contributed by atoms with Crippen LogP contribution >= 0.6 is 0 Å². The van der Waals surface area contributed by atoms with Gasteiger partial charge in [0.2, 0.25) is 0 Å². The van der Waals surface area contributed by atoms with Crippen LogP contribution in [0.4, 0.5) is 4.79 Å². The van der Waals surface area contributed by atoms with Crippen LogP contribution in [0.25, 0.3) is 6.08 Å². The van der Waals surface area contributed by atoms with Crippen molar-refractivity contribution in [1.82, 2.24) is 10.2 Å². The van der Waals surface area contributed by atoms with Gasteiger partial charge in [-0.2, -0.15) is 0 Å². The zero-order valence-electron chi connectivity index (χ0n) is 10.1. The minimum atomic E-state index is -0.703. The minimum Gasteiger partial charge on any atom is -0.273 e. The Morgan fingerprint density at radius 1 is 1.11 bits per heavy atom. The van der Waals surface area contributed by atoms with E-state index in [1.54, 1.807) is 12.1 Å². The van der Waals surface area contributed by atoms with Gasteiger partial charge in [-0.25, -0.2) is 4.79 Å². The van der Waals surface area contributed by atoms with Crippen LogP contribution in [0.5, 0.6) is 0 Å². The highest BCUT2D eigenvalue weighted by Crippen LogP contribution is 2.13. The SMILES string of the molecule is Cc1ccc(/C=C2/C(=O)NC(=O)N(C)C2=O)cc1. The van der Waals surface area contributed by atoms with E-state index in [1.807, 2.05) is 19.1 Å². The molecule has 5 nitrogen and oxygen atoms in total. The van der Waals surface area contributed by atoms with Gasteiger partial charge in [0.25, 0.3) is 11.8 Å². The third kappa shape index (κ3) is 2.15. The number of likely N-dealkylation sites (N-methyl/N-ethyl adjacent to an activating group) is 1. The zero-order valence-corrected chi connectivity index (χ0v) is 10.1. The largest absolute Gasteiger partial charge is 0.331 e. The summed E-state index contributed by atoms with van der Waals surface area (Å²) in [6.45, 7) is 1.95. The lowest BCUT2D eigenvalue weighted by molar-refractivity contribution is -0.129. The summed E-state index contributed by atoms with van der Waals surface area (Å²) in [7, 11) is 1.33. The lowest BCUT2D eigenvalue weighted by atomic mass is 10.1. The number of carbonyl (C=O) groups excluding carboxylic acids is 3. The number of barbiturate groups is 1. The Kier molecular flexibility index (Phi) is 2.97. The summed E-state index contributed by atoms with van der Waals surface area (Å²) in [4.78, 5) is 35.5. The Morgan fingerprint density at radius 2 is 1.72 bits per heavy atom. The smallest absolute Gasteiger partial charge is 0.273 e. The third-order valence-corrected chi connectivity index (χ3v) is 2.69. The fourth-order valence-electron chi connectivity index (χ4n) is 1.57. The lowest BCUT2D eigenvalue weighted by Crippen LogP contribution is -2.52. The van der Waals surface area contributed by atoms with Crippen molar-refractivity contribution >= 4 is 23.9 Å². The van der Waals surface area contributed by atoms with Crippen molar-refractivity contribution in [3.63, 3.8) is 0 Å². The molecule has 0 bridgehead atoms. The van der Waals surface area contributed by atoms with E-state index in [4.69, 9.17) is 0 Å². The molecule has 1 N–H and O–H groups in total. The minimum absolute atomic E-state index is 0.0408. The number of carbonyl (C=O) groups is 3. The van der Waals surface area contributed by atoms with E-state index in [1.165, 1.54) is 13.1 Å². The van der Waals surface area contributed by atoms with Crippen molar-refractivity contribution in [3.8, 4) is 0 Å². The molecule has 1 saturated heterocycles. The molecule has 0 radical (unpaired) electrons. The number of aryl methyl sites for hydroxylation is 1. The molecule has 1 aliphatic rings. The first-order chi connectivity index (χ1) is 8.49. The molecular formula is C13H12N2O3. The van der Waals surface area contributed by atoms with E-state index in [9.17, 15) is 14.4 Å². The molecule has 0 unspecified atom stereocenters. The van der Waals surface area contributed by atoms with Crippen molar-refractivity contribution in [3.05, 3.63) is 41.0 Å². The Balaban J connectivity index is 2.37. The second-order valence-corrected chi connectivity index (χ2v) is 4.09. The summed E-state index contributed by atoms with van der Waals surface area (Å²) in [5.41, 5.74) is 1.78. The topological polar surface area (TPSA) is 66.5 Å². The van der Waals surface area contributed by atoms with Crippen LogP contribution in [0.3, 0.4) is 0 Å². The number of urea groups is 1. The molecule has 0 atom stereocenters. The van der Waals surface area contributed by atoms with Crippen LogP contribution in [-0.4, -0.2) is 29.8 Å². The average Bonchev–Trinajstić information content (AvgIpc) is 2.34. The molecule has 5 heteroatoms. The van der Waals surface area contributed by atoms with Gasteiger partial charge in [-0.05, 0) is 18.6 Å². The molecule has 4 amide bonds. The first-order valence-electron chi connectivity index (χ1n) is 5.41. The highest BCUT2D eigenvalue weighted by atomic mass is 16.2. The first kappa shape index (κ1) is 12.0. The molecular weight excluding hydrogens is 232 g/mol. The Bertz CT molecular complexity index is 558. The number of nitrogens with one attached hydrogen (secondary N) is 1. The van der Waals surface area contributed by atoms with Gasteiger partial charge in [-0.1, -0.05) is 29.8 Å². The number of nitrogens with zero attached hydrogens (tertiary/aromatic N) is 1. The van der Waals surface area contributed by atoms with E-state index in [2.05, 4.69) is 5.32 Å². The van der Waals surface area contributed by atoms with Gasteiger partial charge in [0.1, 0.15) is 5.57 Å². The van der Waals surface area contributed by atoms with Crippen molar-refractivity contribution in [2.24, 2.45) is 0 Å². The maximum atomic E-state index is 11.8. The number of hydrogen-bond acceptors (Lipinski definition) is 3. The van der Waals surface area contributed by atoms with Crippen LogP contribution < -0.4 is 5.32 Å². The fraction of sp³-hybridized carbons (Fsp3) is 0.154. The predicted molar refractivity (Wildman–Crippen MR) is 65.5 cm³/mol. The highest BCUT2D eigenvalue weighted by molar-refractivity contribution is 6.30. The van der Waals surface area contributed by atoms with E-state index >= 15 is 0 Å². The van der Waals surface area contributed by atoms with Gasteiger partial charge < -0.3 is 0 Å². The molecule has 1 heterocycles. The quantitative estimate of drug-likeness (QED) is 0.594. The van der Waals surface area contributed by atoms with E-state index in [0.717, 1.165) is 16.0 Å². The maximum Gasteiger partial charge on any atom is 0.331 e. The van der Waals surface area contributed by atoms with Crippen molar-refractivity contribution < 1.29 is 14.4 Å². The first-order valence-corrected chi connectivity index (χ1v) is 5.41. The van der Waals surface area contributed by atoms with Crippen LogP contribution in [0.1, 0.15) is 11.1 Å². The average molecular weight is 244 g/mol. The number of imide groups is 2. The van der Waals surface area contributed by atoms with Gasteiger partial charge in [-0.3, -0.25) is 19.8 Å². The van der Waals surface area contributed by atoms with E-state index < -0.39 is 17.8 Å². The molecule has 18 heavy (non-hydrogen) atoms. The number of rotatable bonds is 1. The normalized spacial score (nSPS) is 18.2. The van der Waals surface area contributed by atoms with Gasteiger partial charge in [-0.15, -0.1) is 0 Å². The summed E-state index contributed by atoms with van der Waals surface area (Å²) < 4.78 is 0. The van der Waals surface area contributed by atoms with Crippen LogP contribution in [0, 0.1) is 6.92 Å². The van der Waals surface area contributed by atoms with Crippen LogP contribution in [-0.2, 0) is 9.59 Å². The molecule has 2 rings (SSSR count). The van der Waals surface area contributed by atoms with E-state index in [0.29, 0.717) is 0 Å². The van der Waals surface area contributed by atoms with Crippen molar-refractivity contribution in [1.29, 1.82) is 0 Å². The van der Waals surface area contributed by atoms with E-state index in [-0.39, 0.29) is 5.57 Å². The summed E-state index contributed by atoms with van der Waals surface area (Å²) in [6.07, 6.45) is 1.47. The highest BCUT2D eigenvalue weighted by Gasteiger charge is 2.32. The van der Waals surface area contributed by atoms with Crippen LogP contribution in [0.15, 0.2) is 29.8 Å². The second-order valence-electron chi connectivity index (χ2n) is 4.09. The summed E-state index contributed by atoms with van der Waals surface area (Å²) in [5.74, 6) is -1.26. The number of benzene rings is 1. The van der Waals surface area contributed by atoms with Crippen LogP contribution in [0.2, 0.25) is 0 Å².